The van der Waals surface area contributed by atoms with Crippen LogP contribution in [0.2, 0.25) is 0 Å². The van der Waals surface area contributed by atoms with Gasteiger partial charge in [-0.25, -0.2) is 9.78 Å². The summed E-state index contributed by atoms with van der Waals surface area (Å²) in [4.78, 5) is 17.6. The van der Waals surface area contributed by atoms with Crippen LogP contribution in [0.3, 0.4) is 0 Å². The summed E-state index contributed by atoms with van der Waals surface area (Å²) in [5.74, 6) is 3.25. The lowest BCUT2D eigenvalue weighted by Crippen LogP contribution is -2.61. The Kier molecular flexibility index (Phi) is 9.50. The van der Waals surface area contributed by atoms with Crippen molar-refractivity contribution in [3.8, 4) is 11.1 Å². The average molecular weight is 693 g/mol. The van der Waals surface area contributed by atoms with Gasteiger partial charge in [0.25, 0.3) is 0 Å². The normalized spacial score (nSPS) is 29.9. The Morgan fingerprint density at radius 2 is 1.62 bits per heavy atom. The number of aliphatic hydroxyl groups is 1. The van der Waals surface area contributed by atoms with E-state index in [0.717, 1.165) is 81.3 Å². The molecular weight excluding hydrogens is 645 g/mol. The molecule has 5 aliphatic rings. The number of nitrogens with one attached hydrogen (secondary N) is 2. The number of benzene rings is 3. The van der Waals surface area contributed by atoms with Crippen LogP contribution >= 0.6 is 11.8 Å². The fourth-order valence-corrected chi connectivity index (χ4v) is 10.5. The van der Waals surface area contributed by atoms with Crippen molar-refractivity contribution in [2.75, 3.05) is 5.75 Å². The predicted molar refractivity (Wildman–Crippen MR) is 195 cm³/mol. The quantitative estimate of drug-likeness (QED) is 0.146. The van der Waals surface area contributed by atoms with Crippen molar-refractivity contribution in [3.05, 3.63) is 107 Å². The molecule has 4 bridgehead atoms. The summed E-state index contributed by atoms with van der Waals surface area (Å²) in [6, 6.07) is 24.8. The van der Waals surface area contributed by atoms with E-state index in [2.05, 4.69) is 83.2 Å². The maximum Gasteiger partial charge on any atom is 0.315 e. The number of nitrogens with zero attached hydrogens (tertiary/aromatic N) is 2. The zero-order valence-corrected chi connectivity index (χ0v) is 29.8. The van der Waals surface area contributed by atoms with Crippen LogP contribution in [-0.2, 0) is 29.7 Å². The highest BCUT2D eigenvalue weighted by molar-refractivity contribution is 7.99. The molecule has 0 radical (unpaired) electrons. The van der Waals surface area contributed by atoms with Gasteiger partial charge in [0, 0.05) is 48.8 Å². The highest BCUT2D eigenvalue weighted by Gasteiger charge is 2.51. The lowest BCUT2D eigenvalue weighted by molar-refractivity contribution is -0.268. The fourth-order valence-electron chi connectivity index (χ4n) is 9.38. The van der Waals surface area contributed by atoms with Gasteiger partial charge in [0.2, 0.25) is 0 Å². The minimum absolute atomic E-state index is 0.00850. The van der Waals surface area contributed by atoms with E-state index < -0.39 is 6.29 Å². The first kappa shape index (κ1) is 33.5. The molecule has 262 valence electrons. The summed E-state index contributed by atoms with van der Waals surface area (Å²) in [7, 11) is 2.01. The second-order valence-electron chi connectivity index (χ2n) is 15.3. The van der Waals surface area contributed by atoms with Gasteiger partial charge in [-0.1, -0.05) is 85.4 Å². The van der Waals surface area contributed by atoms with Gasteiger partial charge in [0.1, 0.15) is 0 Å². The molecule has 4 atom stereocenters. The highest BCUT2D eigenvalue weighted by Crippen LogP contribution is 2.55. The smallest absolute Gasteiger partial charge is 0.315 e. The van der Waals surface area contributed by atoms with E-state index in [9.17, 15) is 9.90 Å². The van der Waals surface area contributed by atoms with Crippen LogP contribution in [0.5, 0.6) is 0 Å². The Balaban J connectivity index is 0.936. The number of aromatic nitrogens is 2. The van der Waals surface area contributed by atoms with E-state index in [1.165, 1.54) is 19.3 Å². The molecule has 4 saturated carbocycles. The van der Waals surface area contributed by atoms with E-state index in [1.807, 2.05) is 36.1 Å². The maximum absolute atomic E-state index is 13.1. The Hall–Kier alpha value is -3.63. The molecule has 4 aromatic rings. The topological polar surface area (TPSA) is 97.6 Å². The standard InChI is InChI=1S/C41H48N4O4S/c1-26-36(25-50-40-42-14-15-45(40)2)48-38(49-37(26)33-8-6-27(24-46)7-9-33)34-12-10-32(11-13-34)35-5-3-4-28(19-35)23-43-39(47)44-41-20-29-16-30(21-41)18-31(17-29)22-41/h3-15,19,26,29-31,36-38,46H,16-18,20-25H2,1-2H3,(H2,43,44,47)/t26-,29?,30?,31?,36+,37+,38+,41?/m1/s1. The molecule has 2 amide bonds. The number of urea groups is 1. The van der Waals surface area contributed by atoms with Crippen LogP contribution in [0.15, 0.2) is 90.3 Å². The summed E-state index contributed by atoms with van der Waals surface area (Å²) in [6.45, 7) is 2.69. The predicted octanol–water partition coefficient (Wildman–Crippen LogP) is 7.93. The summed E-state index contributed by atoms with van der Waals surface area (Å²) < 4.78 is 15.4. The molecule has 4 aliphatic carbocycles. The number of carbonyl (C=O) groups is 1. The molecule has 3 aromatic carbocycles. The second kappa shape index (κ2) is 14.2. The lowest BCUT2D eigenvalue weighted by atomic mass is 9.53. The van der Waals surface area contributed by atoms with E-state index >= 15 is 0 Å². The number of ether oxygens (including phenoxy) is 2. The third-order valence-electron chi connectivity index (χ3n) is 11.6. The summed E-state index contributed by atoms with van der Waals surface area (Å²) in [6.07, 6.45) is 10.6. The number of carbonyl (C=O) groups excluding carboxylic acids is 1. The van der Waals surface area contributed by atoms with Gasteiger partial charge in [-0.2, -0.15) is 0 Å². The minimum atomic E-state index is -0.530. The summed E-state index contributed by atoms with van der Waals surface area (Å²) in [5.41, 5.74) is 6.19. The number of aryl methyl sites for hydroxylation is 1. The van der Waals surface area contributed by atoms with Crippen LogP contribution in [-0.4, -0.2) is 38.1 Å². The molecule has 1 aliphatic heterocycles. The zero-order chi connectivity index (χ0) is 34.2. The molecule has 9 heteroatoms. The highest BCUT2D eigenvalue weighted by atomic mass is 32.2. The molecule has 0 spiro atoms. The maximum atomic E-state index is 13.1. The Morgan fingerprint density at radius 3 is 2.28 bits per heavy atom. The van der Waals surface area contributed by atoms with Crippen molar-refractivity contribution in [1.29, 1.82) is 0 Å². The van der Waals surface area contributed by atoms with Gasteiger partial charge >= 0.3 is 6.03 Å². The number of hydrogen-bond donors (Lipinski definition) is 3. The Bertz CT molecular complexity index is 1760. The number of rotatable bonds is 10. The molecule has 1 saturated heterocycles. The van der Waals surface area contributed by atoms with Crippen molar-refractivity contribution in [3.63, 3.8) is 0 Å². The van der Waals surface area contributed by atoms with Crippen LogP contribution in [0, 0.1) is 23.7 Å². The van der Waals surface area contributed by atoms with E-state index in [4.69, 9.17) is 9.47 Å². The van der Waals surface area contributed by atoms with E-state index in [0.29, 0.717) is 6.54 Å². The van der Waals surface area contributed by atoms with Gasteiger partial charge in [-0.15, -0.1) is 0 Å². The van der Waals surface area contributed by atoms with Crippen LogP contribution < -0.4 is 10.6 Å². The Labute approximate surface area is 299 Å². The fraction of sp³-hybridized carbons (Fsp3) is 0.463. The van der Waals surface area contributed by atoms with E-state index in [1.54, 1.807) is 11.8 Å². The zero-order valence-electron chi connectivity index (χ0n) is 29.0. The van der Waals surface area contributed by atoms with Crippen molar-refractivity contribution in [1.82, 2.24) is 20.2 Å². The van der Waals surface area contributed by atoms with Crippen molar-refractivity contribution in [2.45, 2.75) is 87.8 Å². The van der Waals surface area contributed by atoms with Crippen molar-refractivity contribution < 1.29 is 19.4 Å². The van der Waals surface area contributed by atoms with Crippen molar-refractivity contribution in [2.24, 2.45) is 30.7 Å². The molecular formula is C41H48N4O4S. The van der Waals surface area contributed by atoms with Crippen LogP contribution in [0.1, 0.15) is 80.1 Å². The third kappa shape index (κ3) is 7.11. The van der Waals surface area contributed by atoms with Gasteiger partial charge in [0.05, 0.1) is 18.8 Å². The molecule has 0 unspecified atom stereocenters. The molecule has 3 N–H and O–H groups in total. The third-order valence-corrected chi connectivity index (χ3v) is 12.7. The summed E-state index contributed by atoms with van der Waals surface area (Å²) in [5, 5.41) is 17.1. The number of aliphatic hydroxyl groups excluding tert-OH is 1. The first-order valence-electron chi connectivity index (χ1n) is 18.2. The molecule has 1 aromatic heterocycles. The van der Waals surface area contributed by atoms with Gasteiger partial charge < -0.3 is 29.8 Å². The minimum Gasteiger partial charge on any atom is -0.392 e. The molecule has 9 rings (SSSR count). The van der Waals surface area contributed by atoms with Crippen LogP contribution in [0.4, 0.5) is 4.79 Å². The number of imidazole rings is 1. The molecule has 5 fully saturated rings. The first-order chi connectivity index (χ1) is 24.3. The SMILES string of the molecule is C[C@@H]1[C@H](CSc2nccn2C)O[C@H](c2ccc(-c3cccc(CNC(=O)NC45CC6CC(CC(C6)C4)C5)c3)cc2)O[C@@H]1c1ccc(CO)cc1. The largest absolute Gasteiger partial charge is 0.392 e. The molecule has 8 nitrogen and oxygen atoms in total. The first-order valence-corrected chi connectivity index (χ1v) is 19.2. The number of thioether (sulfide) groups is 1. The monoisotopic (exact) mass is 692 g/mol. The van der Waals surface area contributed by atoms with E-state index in [-0.39, 0.29) is 36.3 Å². The lowest BCUT2D eigenvalue weighted by Gasteiger charge is -2.56. The number of hydrogen-bond acceptors (Lipinski definition) is 6. The average Bonchev–Trinajstić information content (AvgIpc) is 3.54. The Morgan fingerprint density at radius 1 is 0.920 bits per heavy atom. The molecule has 2 heterocycles. The van der Waals surface area contributed by atoms with Crippen LogP contribution in [0.25, 0.3) is 11.1 Å². The van der Waals surface area contributed by atoms with Gasteiger partial charge in [-0.3, -0.25) is 0 Å². The van der Waals surface area contributed by atoms with Gasteiger partial charge in [0.15, 0.2) is 11.4 Å². The van der Waals surface area contributed by atoms with Gasteiger partial charge in [-0.05, 0) is 90.2 Å². The van der Waals surface area contributed by atoms with Crippen molar-refractivity contribution >= 4 is 17.8 Å². The summed E-state index contributed by atoms with van der Waals surface area (Å²) >= 11 is 1.69. The molecule has 50 heavy (non-hydrogen) atoms. The number of amides is 2. The second-order valence-corrected chi connectivity index (χ2v) is 16.3.